The maximum atomic E-state index is 5.02. The van der Waals surface area contributed by atoms with Crippen LogP contribution in [-0.4, -0.2) is 26.3 Å². The van der Waals surface area contributed by atoms with Crippen molar-refractivity contribution in [3.05, 3.63) is 22.4 Å². The highest BCUT2D eigenvalue weighted by Gasteiger charge is 2.02. The molecule has 0 spiro atoms. The van der Waals surface area contributed by atoms with Crippen LogP contribution in [0.25, 0.3) is 0 Å². The third-order valence-corrected chi connectivity index (χ3v) is 3.50. The number of rotatable bonds is 9. The highest BCUT2D eigenvalue weighted by Crippen LogP contribution is 2.10. The Kier molecular flexibility index (Phi) is 7.47. The first kappa shape index (κ1) is 13.7. The second-order valence-electron chi connectivity index (χ2n) is 4.19. The Bertz CT molecular complexity index is 248. The maximum Gasteiger partial charge on any atom is 0.0462 e. The molecule has 0 amide bonds. The Balaban J connectivity index is 1.96. The van der Waals surface area contributed by atoms with E-state index in [0.29, 0.717) is 6.04 Å². The van der Waals surface area contributed by atoms with E-state index in [0.717, 1.165) is 19.6 Å². The molecule has 0 radical (unpaired) electrons. The minimum absolute atomic E-state index is 0.584. The molecule has 1 N–H and O–H groups in total. The van der Waals surface area contributed by atoms with Crippen LogP contribution in [0, 0.1) is 0 Å². The van der Waals surface area contributed by atoms with Gasteiger partial charge in [-0.25, -0.2) is 0 Å². The van der Waals surface area contributed by atoms with E-state index in [2.05, 4.69) is 29.8 Å². The lowest BCUT2D eigenvalue weighted by atomic mass is 10.2. The fourth-order valence-corrected chi connectivity index (χ4v) is 2.53. The van der Waals surface area contributed by atoms with E-state index in [1.54, 1.807) is 7.11 Å². The maximum absolute atomic E-state index is 5.02. The molecule has 3 heteroatoms. The number of hydrogen-bond acceptors (Lipinski definition) is 3. The van der Waals surface area contributed by atoms with Gasteiger partial charge in [-0.1, -0.05) is 6.07 Å². The molecule has 0 saturated carbocycles. The number of methoxy groups -OCH3 is 1. The highest BCUT2D eigenvalue weighted by molar-refractivity contribution is 7.09. The summed E-state index contributed by atoms with van der Waals surface area (Å²) in [6, 6.07) is 4.92. The van der Waals surface area contributed by atoms with Gasteiger partial charge in [0, 0.05) is 24.6 Å². The summed E-state index contributed by atoms with van der Waals surface area (Å²) in [4.78, 5) is 1.47. The molecule has 2 nitrogen and oxygen atoms in total. The van der Waals surface area contributed by atoms with Crippen molar-refractivity contribution in [3.8, 4) is 0 Å². The molecule has 1 heterocycles. The van der Waals surface area contributed by atoms with Crippen LogP contribution in [0.15, 0.2) is 17.5 Å². The Morgan fingerprint density at radius 1 is 1.38 bits per heavy atom. The number of hydrogen-bond donors (Lipinski definition) is 1. The first-order valence-electron chi connectivity index (χ1n) is 6.07. The zero-order chi connectivity index (χ0) is 11.6. The lowest BCUT2D eigenvalue weighted by Gasteiger charge is -2.12. The average Bonchev–Trinajstić information content (AvgIpc) is 2.76. The van der Waals surface area contributed by atoms with Crippen LogP contribution in [-0.2, 0) is 11.2 Å². The molecule has 1 unspecified atom stereocenters. The molecule has 0 aromatic carbocycles. The van der Waals surface area contributed by atoms with Gasteiger partial charge in [-0.05, 0) is 50.6 Å². The lowest BCUT2D eigenvalue weighted by Crippen LogP contribution is -2.28. The molecule has 1 aromatic rings. The van der Waals surface area contributed by atoms with Crippen LogP contribution in [0.2, 0.25) is 0 Å². The van der Waals surface area contributed by atoms with Crippen LogP contribution in [0.1, 0.15) is 31.1 Å². The smallest absolute Gasteiger partial charge is 0.0462 e. The van der Waals surface area contributed by atoms with E-state index in [1.165, 1.54) is 24.1 Å². The van der Waals surface area contributed by atoms with Gasteiger partial charge in [0.2, 0.25) is 0 Å². The van der Waals surface area contributed by atoms with E-state index in [-0.39, 0.29) is 0 Å². The Morgan fingerprint density at radius 3 is 2.94 bits per heavy atom. The Morgan fingerprint density at radius 2 is 2.25 bits per heavy atom. The van der Waals surface area contributed by atoms with Gasteiger partial charge < -0.3 is 10.1 Å². The minimum atomic E-state index is 0.584. The van der Waals surface area contributed by atoms with Crippen molar-refractivity contribution in [1.82, 2.24) is 5.32 Å². The second-order valence-corrected chi connectivity index (χ2v) is 5.22. The molecule has 0 bridgehead atoms. The van der Waals surface area contributed by atoms with Gasteiger partial charge in [0.15, 0.2) is 0 Å². The van der Waals surface area contributed by atoms with Crippen LogP contribution in [0.4, 0.5) is 0 Å². The van der Waals surface area contributed by atoms with Gasteiger partial charge >= 0.3 is 0 Å². The molecule has 1 rings (SSSR count). The third kappa shape index (κ3) is 6.26. The number of thiophene rings is 1. The molecule has 0 aliphatic heterocycles. The zero-order valence-corrected chi connectivity index (χ0v) is 11.2. The van der Waals surface area contributed by atoms with Gasteiger partial charge in [-0.3, -0.25) is 0 Å². The third-order valence-electron chi connectivity index (χ3n) is 2.61. The number of ether oxygens (including phenoxy) is 1. The van der Waals surface area contributed by atoms with Crippen molar-refractivity contribution in [3.63, 3.8) is 0 Å². The topological polar surface area (TPSA) is 21.3 Å². The van der Waals surface area contributed by atoms with Crippen molar-refractivity contribution in [2.75, 3.05) is 20.3 Å². The minimum Gasteiger partial charge on any atom is -0.385 e. The number of nitrogens with one attached hydrogen (secondary N) is 1. The van der Waals surface area contributed by atoms with Crippen molar-refractivity contribution in [1.29, 1.82) is 0 Å². The summed E-state index contributed by atoms with van der Waals surface area (Å²) in [5.41, 5.74) is 0. The summed E-state index contributed by atoms with van der Waals surface area (Å²) < 4.78 is 5.02. The second kappa shape index (κ2) is 8.74. The predicted molar refractivity (Wildman–Crippen MR) is 71.2 cm³/mol. The molecule has 0 saturated heterocycles. The normalized spacial score (nSPS) is 12.9. The first-order chi connectivity index (χ1) is 7.83. The largest absolute Gasteiger partial charge is 0.385 e. The summed E-state index contributed by atoms with van der Waals surface area (Å²) >= 11 is 1.85. The van der Waals surface area contributed by atoms with E-state index in [1.807, 2.05) is 11.3 Å². The summed E-state index contributed by atoms with van der Waals surface area (Å²) in [6.07, 6.45) is 4.83. The van der Waals surface area contributed by atoms with Crippen molar-refractivity contribution >= 4 is 11.3 Å². The molecule has 0 fully saturated rings. The summed E-state index contributed by atoms with van der Waals surface area (Å²) in [5, 5.41) is 5.71. The van der Waals surface area contributed by atoms with Crippen molar-refractivity contribution in [2.24, 2.45) is 0 Å². The fraction of sp³-hybridized carbons (Fsp3) is 0.692. The summed E-state index contributed by atoms with van der Waals surface area (Å²) in [7, 11) is 1.77. The van der Waals surface area contributed by atoms with Crippen LogP contribution in [0.5, 0.6) is 0 Å². The fourth-order valence-electron chi connectivity index (χ4n) is 1.70. The molecule has 0 aliphatic rings. The monoisotopic (exact) mass is 241 g/mol. The van der Waals surface area contributed by atoms with E-state index >= 15 is 0 Å². The average molecular weight is 241 g/mol. The lowest BCUT2D eigenvalue weighted by molar-refractivity contribution is 0.192. The van der Waals surface area contributed by atoms with E-state index in [9.17, 15) is 0 Å². The van der Waals surface area contributed by atoms with Gasteiger partial charge in [-0.2, -0.15) is 0 Å². The van der Waals surface area contributed by atoms with Crippen LogP contribution >= 0.6 is 11.3 Å². The van der Waals surface area contributed by atoms with E-state index < -0.39 is 0 Å². The SMILES string of the molecule is COCCCCCNC(C)Cc1cccs1. The van der Waals surface area contributed by atoms with Crippen molar-refractivity contribution in [2.45, 2.75) is 38.6 Å². The molecular formula is C13H23NOS. The Hall–Kier alpha value is -0.380. The molecule has 1 aromatic heterocycles. The van der Waals surface area contributed by atoms with Crippen molar-refractivity contribution < 1.29 is 4.74 Å². The molecule has 92 valence electrons. The van der Waals surface area contributed by atoms with Gasteiger partial charge in [0.05, 0.1) is 0 Å². The first-order valence-corrected chi connectivity index (χ1v) is 6.95. The van der Waals surface area contributed by atoms with E-state index in [4.69, 9.17) is 4.74 Å². The van der Waals surface area contributed by atoms with Crippen LogP contribution in [0.3, 0.4) is 0 Å². The quantitative estimate of drug-likeness (QED) is 0.671. The molecule has 1 atom stereocenters. The van der Waals surface area contributed by atoms with Gasteiger partial charge in [0.1, 0.15) is 0 Å². The van der Waals surface area contributed by atoms with Crippen LogP contribution < -0.4 is 5.32 Å². The standard InChI is InChI=1S/C13H23NOS/c1-12(11-13-7-6-10-16-13)14-8-4-3-5-9-15-2/h6-7,10,12,14H,3-5,8-9,11H2,1-2H3. The predicted octanol–water partition coefficient (Wildman–Crippen LogP) is 3.09. The summed E-state index contributed by atoms with van der Waals surface area (Å²) in [5.74, 6) is 0. The molecule has 0 aliphatic carbocycles. The number of unbranched alkanes of at least 4 members (excludes halogenated alkanes) is 2. The molecule has 16 heavy (non-hydrogen) atoms. The highest BCUT2D eigenvalue weighted by atomic mass is 32.1. The zero-order valence-electron chi connectivity index (χ0n) is 10.4. The Labute approximate surface area is 103 Å². The van der Waals surface area contributed by atoms with Gasteiger partial charge in [-0.15, -0.1) is 11.3 Å². The van der Waals surface area contributed by atoms with Gasteiger partial charge in [0.25, 0.3) is 0 Å². The molecular weight excluding hydrogens is 218 g/mol. The summed E-state index contributed by atoms with van der Waals surface area (Å²) in [6.45, 7) is 4.27.